The Labute approximate surface area is 232 Å². The van der Waals surface area contributed by atoms with E-state index in [1.165, 1.54) is 13.1 Å². The maximum absolute atomic E-state index is 13.3. The highest BCUT2D eigenvalue weighted by Gasteiger charge is 2.41. The molecule has 1 fully saturated rings. The quantitative estimate of drug-likeness (QED) is 0.400. The van der Waals surface area contributed by atoms with Crippen LogP contribution in [0.3, 0.4) is 0 Å². The van der Waals surface area contributed by atoms with Crippen LogP contribution in [0.2, 0.25) is 0 Å². The molecule has 4 unspecified atom stereocenters. The Morgan fingerprint density at radius 2 is 1.85 bits per heavy atom. The third kappa shape index (κ3) is 7.22. The van der Waals surface area contributed by atoms with E-state index in [9.17, 15) is 24.0 Å². The molecule has 1 aromatic heterocycles. The van der Waals surface area contributed by atoms with Crippen molar-refractivity contribution in [2.24, 2.45) is 11.8 Å². The number of benzene rings is 1. The number of carbonyl (C=O) groups excluding carboxylic acids is 5. The van der Waals surface area contributed by atoms with Gasteiger partial charge in [0.25, 0.3) is 5.91 Å². The van der Waals surface area contributed by atoms with Crippen LogP contribution in [0, 0.1) is 25.7 Å². The van der Waals surface area contributed by atoms with Crippen molar-refractivity contribution < 1.29 is 42.9 Å². The van der Waals surface area contributed by atoms with Crippen molar-refractivity contribution in [2.45, 2.75) is 66.2 Å². The molecule has 0 radical (unpaired) electrons. The SMILES string of the molecule is CCC1C(=O)OCC(NC(=O)c2nccc(C)c2OC(=O)c2cccc(C)c2)C(=O)OC(C)C1OC(=O)C(C)C. The lowest BCUT2D eigenvalue weighted by atomic mass is 9.95. The monoisotopic (exact) mass is 554 g/mol. The number of nitrogens with one attached hydrogen (secondary N) is 1. The van der Waals surface area contributed by atoms with Gasteiger partial charge in [0.05, 0.1) is 17.4 Å². The van der Waals surface area contributed by atoms with Gasteiger partial charge >= 0.3 is 23.9 Å². The Balaban J connectivity index is 1.83. The Hall–Kier alpha value is -4.28. The minimum absolute atomic E-state index is 0.0833. The van der Waals surface area contributed by atoms with E-state index in [4.69, 9.17) is 18.9 Å². The maximum Gasteiger partial charge on any atom is 0.343 e. The lowest BCUT2D eigenvalue weighted by Crippen LogP contribution is -2.47. The molecule has 1 N–H and O–H groups in total. The minimum Gasteiger partial charge on any atom is -0.463 e. The fourth-order valence-electron chi connectivity index (χ4n) is 4.07. The number of amides is 1. The van der Waals surface area contributed by atoms with Crippen molar-refractivity contribution in [1.82, 2.24) is 10.3 Å². The fraction of sp³-hybridized carbons (Fsp3) is 0.448. The van der Waals surface area contributed by atoms with E-state index >= 15 is 0 Å². The van der Waals surface area contributed by atoms with E-state index in [2.05, 4.69) is 10.3 Å². The molecule has 2 heterocycles. The first-order valence-corrected chi connectivity index (χ1v) is 13.1. The predicted octanol–water partition coefficient (Wildman–Crippen LogP) is 3.10. The summed E-state index contributed by atoms with van der Waals surface area (Å²) >= 11 is 0. The van der Waals surface area contributed by atoms with Crippen LogP contribution in [-0.4, -0.2) is 59.6 Å². The Bertz CT molecular complexity index is 1290. The molecule has 11 nitrogen and oxygen atoms in total. The number of aromatic nitrogens is 1. The van der Waals surface area contributed by atoms with Crippen molar-refractivity contribution in [3.05, 3.63) is 58.9 Å². The van der Waals surface area contributed by atoms with E-state index in [0.717, 1.165) is 5.56 Å². The van der Waals surface area contributed by atoms with Gasteiger partial charge in [0, 0.05) is 6.20 Å². The van der Waals surface area contributed by atoms with Crippen LogP contribution in [0.1, 0.15) is 66.1 Å². The molecule has 1 saturated heterocycles. The van der Waals surface area contributed by atoms with Crippen LogP contribution in [0.15, 0.2) is 36.5 Å². The average Bonchev–Trinajstić information content (AvgIpc) is 2.94. The highest BCUT2D eigenvalue weighted by Crippen LogP contribution is 2.25. The molecule has 11 heteroatoms. The molecule has 1 amide bonds. The van der Waals surface area contributed by atoms with Crippen LogP contribution in [0.4, 0.5) is 0 Å². The van der Waals surface area contributed by atoms with Gasteiger partial charge in [0.15, 0.2) is 23.6 Å². The number of aryl methyl sites for hydroxylation is 2. The van der Waals surface area contributed by atoms with E-state index in [-0.39, 0.29) is 23.4 Å². The summed E-state index contributed by atoms with van der Waals surface area (Å²) in [6.07, 6.45) is -0.460. The van der Waals surface area contributed by atoms with E-state index in [1.807, 2.05) is 13.0 Å². The number of esters is 4. The molecule has 4 atom stereocenters. The number of ether oxygens (including phenoxy) is 4. The van der Waals surface area contributed by atoms with Crippen molar-refractivity contribution in [1.29, 1.82) is 0 Å². The van der Waals surface area contributed by atoms with Gasteiger partial charge in [-0.1, -0.05) is 38.5 Å². The van der Waals surface area contributed by atoms with E-state index in [1.54, 1.807) is 52.0 Å². The Morgan fingerprint density at radius 1 is 1.12 bits per heavy atom. The van der Waals surface area contributed by atoms with Gasteiger partial charge in [-0.15, -0.1) is 0 Å². The molecular weight excluding hydrogens is 520 g/mol. The third-order valence-corrected chi connectivity index (χ3v) is 6.37. The predicted molar refractivity (Wildman–Crippen MR) is 141 cm³/mol. The summed E-state index contributed by atoms with van der Waals surface area (Å²) in [6.45, 7) is 9.45. The molecule has 2 aromatic rings. The summed E-state index contributed by atoms with van der Waals surface area (Å²) in [6, 6.07) is 6.92. The maximum atomic E-state index is 13.3. The van der Waals surface area contributed by atoms with Gasteiger partial charge in [-0.3, -0.25) is 14.4 Å². The highest BCUT2D eigenvalue weighted by molar-refractivity contribution is 5.99. The minimum atomic E-state index is -1.40. The molecule has 40 heavy (non-hydrogen) atoms. The van der Waals surface area contributed by atoms with E-state index < -0.39 is 66.5 Å². The van der Waals surface area contributed by atoms with Crippen LogP contribution in [-0.2, 0) is 28.6 Å². The zero-order valence-corrected chi connectivity index (χ0v) is 23.4. The van der Waals surface area contributed by atoms with Crippen molar-refractivity contribution in [3.8, 4) is 5.75 Å². The molecule has 0 spiro atoms. The number of hydrogen-bond donors (Lipinski definition) is 1. The van der Waals surface area contributed by atoms with Gasteiger partial charge in [0.2, 0.25) is 0 Å². The molecular formula is C29H34N2O9. The smallest absolute Gasteiger partial charge is 0.343 e. The van der Waals surface area contributed by atoms with Crippen LogP contribution in [0.25, 0.3) is 0 Å². The first-order valence-electron chi connectivity index (χ1n) is 13.1. The lowest BCUT2D eigenvalue weighted by Gasteiger charge is -2.29. The largest absolute Gasteiger partial charge is 0.463 e. The van der Waals surface area contributed by atoms with Crippen molar-refractivity contribution in [2.75, 3.05) is 6.61 Å². The summed E-state index contributed by atoms with van der Waals surface area (Å²) in [5.74, 6) is -5.13. The molecule has 0 aliphatic carbocycles. The average molecular weight is 555 g/mol. The third-order valence-electron chi connectivity index (χ3n) is 6.37. The second-order valence-corrected chi connectivity index (χ2v) is 9.93. The van der Waals surface area contributed by atoms with Gasteiger partial charge in [-0.25, -0.2) is 14.6 Å². The molecule has 214 valence electrons. The van der Waals surface area contributed by atoms with Crippen LogP contribution >= 0.6 is 0 Å². The molecule has 0 saturated carbocycles. The standard InChI is InChI=1S/C29H34N2O9/c1-7-20-24(40-26(33)15(2)3)18(6)38-29(36)21(14-37-28(20)35)31-25(32)22-23(17(5)11-12-30-22)39-27(34)19-10-8-9-16(4)13-19/h8-13,15,18,20-21,24H,7,14H2,1-6H3,(H,31,32). The molecule has 3 rings (SSSR count). The number of carbonyl (C=O) groups is 5. The van der Waals surface area contributed by atoms with Crippen molar-refractivity contribution >= 4 is 29.8 Å². The lowest BCUT2D eigenvalue weighted by molar-refractivity contribution is -0.176. The fourth-order valence-corrected chi connectivity index (χ4v) is 4.07. The number of rotatable bonds is 7. The Kier molecular flexibility index (Phi) is 9.98. The molecule has 1 aromatic carbocycles. The summed E-state index contributed by atoms with van der Waals surface area (Å²) < 4.78 is 21.9. The van der Waals surface area contributed by atoms with Crippen LogP contribution < -0.4 is 10.1 Å². The molecule has 1 aliphatic heterocycles. The number of nitrogens with zero attached hydrogens (tertiary/aromatic N) is 1. The summed E-state index contributed by atoms with van der Waals surface area (Å²) in [4.78, 5) is 68.3. The highest BCUT2D eigenvalue weighted by atomic mass is 16.6. The van der Waals surface area contributed by atoms with Gasteiger partial charge in [0.1, 0.15) is 12.7 Å². The summed E-state index contributed by atoms with van der Waals surface area (Å²) in [5, 5.41) is 2.47. The second kappa shape index (κ2) is 13.2. The topological polar surface area (TPSA) is 147 Å². The zero-order chi connectivity index (χ0) is 29.6. The van der Waals surface area contributed by atoms with Gasteiger partial charge in [-0.05, 0) is 51.0 Å². The number of cyclic esters (lactones) is 2. The van der Waals surface area contributed by atoms with Gasteiger partial charge in [-0.2, -0.15) is 0 Å². The second-order valence-electron chi connectivity index (χ2n) is 9.93. The normalized spacial score (nSPS) is 21.3. The van der Waals surface area contributed by atoms with Gasteiger partial charge < -0.3 is 24.3 Å². The first kappa shape index (κ1) is 30.3. The molecule has 0 bridgehead atoms. The van der Waals surface area contributed by atoms with E-state index in [0.29, 0.717) is 5.56 Å². The number of pyridine rings is 1. The molecule has 1 aliphatic rings. The Morgan fingerprint density at radius 3 is 2.50 bits per heavy atom. The van der Waals surface area contributed by atoms with Crippen molar-refractivity contribution in [3.63, 3.8) is 0 Å². The number of hydrogen-bond acceptors (Lipinski definition) is 10. The zero-order valence-electron chi connectivity index (χ0n) is 23.4. The summed E-state index contributed by atoms with van der Waals surface area (Å²) in [5.41, 5.74) is 1.35. The summed E-state index contributed by atoms with van der Waals surface area (Å²) in [7, 11) is 0. The van der Waals surface area contributed by atoms with Crippen LogP contribution in [0.5, 0.6) is 5.75 Å². The first-order chi connectivity index (χ1) is 18.9.